The van der Waals surface area contributed by atoms with Crippen LogP contribution in [0.1, 0.15) is 12.0 Å². The summed E-state index contributed by atoms with van der Waals surface area (Å²) in [6.45, 7) is 2.83. The van der Waals surface area contributed by atoms with E-state index >= 15 is 0 Å². The molecular formula is C21H23N3O. The fraction of sp³-hybridized carbons (Fsp3) is 0.286. The molecule has 0 bridgehead atoms. The van der Waals surface area contributed by atoms with Gasteiger partial charge in [-0.3, -0.25) is 4.79 Å². The molecule has 2 aromatic carbocycles. The predicted octanol–water partition coefficient (Wildman–Crippen LogP) is 3.35. The fourth-order valence-corrected chi connectivity index (χ4v) is 3.64. The van der Waals surface area contributed by atoms with Crippen LogP contribution in [0.25, 0.3) is 10.9 Å². The molecule has 2 N–H and O–H groups in total. The van der Waals surface area contributed by atoms with Crippen molar-refractivity contribution in [1.29, 1.82) is 0 Å². The van der Waals surface area contributed by atoms with Gasteiger partial charge in [0.05, 0.1) is 6.42 Å². The first-order valence-corrected chi connectivity index (χ1v) is 8.91. The predicted molar refractivity (Wildman–Crippen MR) is 102 cm³/mol. The molecule has 0 spiro atoms. The molecule has 0 aliphatic carbocycles. The highest BCUT2D eigenvalue weighted by atomic mass is 16.1. The van der Waals surface area contributed by atoms with E-state index in [0.717, 1.165) is 42.5 Å². The molecule has 3 aromatic rings. The fourth-order valence-electron chi connectivity index (χ4n) is 3.64. The van der Waals surface area contributed by atoms with E-state index in [1.165, 1.54) is 5.69 Å². The van der Waals surface area contributed by atoms with Gasteiger partial charge in [0.1, 0.15) is 0 Å². The Balaban J connectivity index is 1.29. The third-order valence-corrected chi connectivity index (χ3v) is 5.02. The van der Waals surface area contributed by atoms with E-state index in [9.17, 15) is 4.79 Å². The van der Waals surface area contributed by atoms with Crippen LogP contribution in [0.5, 0.6) is 0 Å². The molecule has 128 valence electrons. The highest BCUT2D eigenvalue weighted by Crippen LogP contribution is 2.23. The summed E-state index contributed by atoms with van der Waals surface area (Å²) in [5.41, 5.74) is 3.42. The summed E-state index contributed by atoms with van der Waals surface area (Å²) in [6, 6.07) is 18.6. The van der Waals surface area contributed by atoms with Crippen LogP contribution in [0.2, 0.25) is 0 Å². The maximum Gasteiger partial charge on any atom is 0.224 e. The zero-order valence-electron chi connectivity index (χ0n) is 14.2. The van der Waals surface area contributed by atoms with Gasteiger partial charge in [-0.15, -0.1) is 0 Å². The van der Waals surface area contributed by atoms with Crippen molar-refractivity contribution in [3.8, 4) is 0 Å². The summed E-state index contributed by atoms with van der Waals surface area (Å²) in [6.07, 6.45) is 3.50. The average molecular weight is 333 g/mol. The van der Waals surface area contributed by atoms with E-state index in [1.807, 2.05) is 30.5 Å². The lowest BCUT2D eigenvalue weighted by molar-refractivity contribution is -0.120. The molecule has 0 radical (unpaired) electrons. The highest BCUT2D eigenvalue weighted by molar-refractivity contribution is 5.88. The Bertz CT molecular complexity index is 856. The number of rotatable bonds is 5. The number of hydrogen-bond donors (Lipinski definition) is 2. The van der Waals surface area contributed by atoms with Crippen molar-refractivity contribution < 1.29 is 4.79 Å². The van der Waals surface area contributed by atoms with Crippen LogP contribution in [0, 0.1) is 5.92 Å². The standard InChI is InChI=1S/C21H23N3O/c25-21(12-17-14-22-20-9-5-4-8-19(17)20)23-13-16-10-11-24(15-16)18-6-2-1-3-7-18/h1-9,14,16,22H,10-13,15H2,(H,23,25)/t16-/m1/s1. The van der Waals surface area contributed by atoms with Gasteiger partial charge in [0.25, 0.3) is 0 Å². The summed E-state index contributed by atoms with van der Waals surface area (Å²) in [7, 11) is 0. The molecule has 0 unspecified atom stereocenters. The first kappa shape index (κ1) is 15.8. The van der Waals surface area contributed by atoms with Crippen molar-refractivity contribution in [2.45, 2.75) is 12.8 Å². The lowest BCUT2D eigenvalue weighted by atomic mass is 10.1. The van der Waals surface area contributed by atoms with Gasteiger partial charge in [0, 0.05) is 42.4 Å². The number of aromatic amines is 1. The Labute approximate surface area is 147 Å². The number of carbonyl (C=O) groups excluding carboxylic acids is 1. The topological polar surface area (TPSA) is 48.1 Å². The molecule has 1 aliphatic heterocycles. The third kappa shape index (κ3) is 3.53. The van der Waals surface area contributed by atoms with Gasteiger partial charge in [-0.05, 0) is 36.1 Å². The summed E-state index contributed by atoms with van der Waals surface area (Å²) in [5.74, 6) is 0.620. The Morgan fingerprint density at radius 2 is 1.92 bits per heavy atom. The minimum absolute atomic E-state index is 0.0999. The molecule has 2 heterocycles. The second kappa shape index (κ2) is 7.01. The van der Waals surface area contributed by atoms with Gasteiger partial charge in [-0.25, -0.2) is 0 Å². The van der Waals surface area contributed by atoms with Gasteiger partial charge in [0.2, 0.25) is 5.91 Å². The molecule has 1 amide bonds. The molecule has 1 fully saturated rings. The number of benzene rings is 2. The Morgan fingerprint density at radius 3 is 2.80 bits per heavy atom. The number of para-hydroxylation sites is 2. The lowest BCUT2D eigenvalue weighted by Crippen LogP contribution is -2.32. The number of nitrogens with one attached hydrogen (secondary N) is 2. The van der Waals surface area contributed by atoms with Crippen molar-refractivity contribution in [3.63, 3.8) is 0 Å². The van der Waals surface area contributed by atoms with E-state index in [4.69, 9.17) is 0 Å². The zero-order chi connectivity index (χ0) is 17.1. The SMILES string of the molecule is O=C(Cc1c[nH]c2ccccc12)NC[C@H]1CCN(c2ccccc2)C1. The number of fused-ring (bicyclic) bond motifs is 1. The monoisotopic (exact) mass is 333 g/mol. The molecule has 4 nitrogen and oxygen atoms in total. The van der Waals surface area contributed by atoms with Crippen LogP contribution >= 0.6 is 0 Å². The smallest absolute Gasteiger partial charge is 0.224 e. The minimum Gasteiger partial charge on any atom is -0.371 e. The molecular weight excluding hydrogens is 310 g/mol. The maximum absolute atomic E-state index is 12.3. The molecule has 4 heteroatoms. The highest BCUT2D eigenvalue weighted by Gasteiger charge is 2.23. The number of aromatic nitrogens is 1. The van der Waals surface area contributed by atoms with Crippen molar-refractivity contribution in [2.75, 3.05) is 24.5 Å². The molecule has 1 atom stereocenters. The number of amides is 1. The van der Waals surface area contributed by atoms with Gasteiger partial charge >= 0.3 is 0 Å². The van der Waals surface area contributed by atoms with E-state index in [1.54, 1.807) is 0 Å². The number of anilines is 1. The van der Waals surface area contributed by atoms with Gasteiger partial charge in [-0.1, -0.05) is 36.4 Å². The van der Waals surface area contributed by atoms with E-state index in [-0.39, 0.29) is 5.91 Å². The van der Waals surface area contributed by atoms with Crippen LogP contribution in [0.4, 0.5) is 5.69 Å². The normalized spacial score (nSPS) is 17.1. The van der Waals surface area contributed by atoms with E-state index in [2.05, 4.69) is 45.5 Å². The van der Waals surface area contributed by atoms with Crippen molar-refractivity contribution in [1.82, 2.24) is 10.3 Å². The second-order valence-electron chi connectivity index (χ2n) is 6.78. The minimum atomic E-state index is 0.0999. The number of hydrogen-bond acceptors (Lipinski definition) is 2. The molecule has 25 heavy (non-hydrogen) atoms. The molecule has 1 aliphatic rings. The number of nitrogens with zero attached hydrogens (tertiary/aromatic N) is 1. The second-order valence-corrected chi connectivity index (χ2v) is 6.78. The Morgan fingerprint density at radius 1 is 1.12 bits per heavy atom. The lowest BCUT2D eigenvalue weighted by Gasteiger charge is -2.18. The quantitative estimate of drug-likeness (QED) is 0.752. The maximum atomic E-state index is 12.3. The summed E-state index contributed by atoms with van der Waals surface area (Å²) in [5, 5.41) is 4.25. The molecule has 4 rings (SSSR count). The zero-order valence-corrected chi connectivity index (χ0v) is 14.2. The Kier molecular flexibility index (Phi) is 4.42. The summed E-state index contributed by atoms with van der Waals surface area (Å²) < 4.78 is 0. The van der Waals surface area contributed by atoms with Crippen molar-refractivity contribution >= 4 is 22.5 Å². The molecule has 1 saturated heterocycles. The van der Waals surface area contributed by atoms with E-state index in [0.29, 0.717) is 12.3 Å². The number of carbonyl (C=O) groups is 1. The first-order chi connectivity index (χ1) is 12.3. The van der Waals surface area contributed by atoms with Crippen LogP contribution in [-0.4, -0.2) is 30.5 Å². The largest absolute Gasteiger partial charge is 0.371 e. The summed E-state index contributed by atoms with van der Waals surface area (Å²) in [4.78, 5) is 18.0. The molecule has 1 aromatic heterocycles. The van der Waals surface area contributed by atoms with Crippen molar-refractivity contribution in [3.05, 3.63) is 66.4 Å². The number of H-pyrrole nitrogens is 1. The van der Waals surface area contributed by atoms with Crippen LogP contribution < -0.4 is 10.2 Å². The van der Waals surface area contributed by atoms with Gasteiger partial charge < -0.3 is 15.2 Å². The van der Waals surface area contributed by atoms with E-state index < -0.39 is 0 Å². The third-order valence-electron chi connectivity index (χ3n) is 5.02. The first-order valence-electron chi connectivity index (χ1n) is 8.91. The van der Waals surface area contributed by atoms with Gasteiger partial charge in [-0.2, -0.15) is 0 Å². The van der Waals surface area contributed by atoms with Crippen molar-refractivity contribution in [2.24, 2.45) is 5.92 Å². The van der Waals surface area contributed by atoms with Crippen LogP contribution in [0.15, 0.2) is 60.8 Å². The van der Waals surface area contributed by atoms with Crippen LogP contribution in [0.3, 0.4) is 0 Å². The van der Waals surface area contributed by atoms with Crippen LogP contribution in [-0.2, 0) is 11.2 Å². The average Bonchev–Trinajstić information content (AvgIpc) is 3.28. The van der Waals surface area contributed by atoms with Gasteiger partial charge in [0.15, 0.2) is 0 Å². The molecule has 0 saturated carbocycles. The summed E-state index contributed by atoms with van der Waals surface area (Å²) >= 11 is 0. The Hall–Kier alpha value is -2.75.